The molecule has 0 saturated carbocycles. The van der Waals surface area contributed by atoms with Gasteiger partial charge < -0.3 is 0 Å². The van der Waals surface area contributed by atoms with Crippen molar-refractivity contribution in [2.45, 2.75) is 18.8 Å². The van der Waals surface area contributed by atoms with Gasteiger partial charge in [-0.1, -0.05) is 47.5 Å². The predicted octanol–water partition coefficient (Wildman–Crippen LogP) is 6.14. The van der Waals surface area contributed by atoms with Crippen molar-refractivity contribution in [2.24, 2.45) is 0 Å². The quantitative estimate of drug-likeness (QED) is 0.581. The minimum Gasteiger partial charge on any atom is -0.127 e. The summed E-state index contributed by atoms with van der Waals surface area (Å²) in [5, 5.41) is 1.52. The molecule has 3 heteroatoms. The van der Waals surface area contributed by atoms with Crippen LogP contribution in [-0.2, 0) is 0 Å². The normalized spacial score (nSPS) is 10.9. The van der Waals surface area contributed by atoms with Gasteiger partial charge in [0, 0.05) is 21.8 Å². The third kappa shape index (κ3) is 4.14. The van der Waals surface area contributed by atoms with Crippen LogP contribution in [0.3, 0.4) is 0 Å². The van der Waals surface area contributed by atoms with E-state index in [1.807, 2.05) is 36.4 Å². The van der Waals surface area contributed by atoms with Crippen LogP contribution in [0.1, 0.15) is 29.9 Å². The van der Waals surface area contributed by atoms with Gasteiger partial charge in [-0.3, -0.25) is 0 Å². The third-order valence-electron chi connectivity index (χ3n) is 3.13. The van der Waals surface area contributed by atoms with E-state index in [0.717, 1.165) is 22.9 Å². The summed E-state index contributed by atoms with van der Waals surface area (Å²) in [4.78, 5) is 0. The fourth-order valence-corrected chi connectivity index (χ4v) is 2.81. The average molecular weight is 314 g/mol. The van der Waals surface area contributed by atoms with E-state index >= 15 is 0 Å². The Labute approximate surface area is 129 Å². The summed E-state index contributed by atoms with van der Waals surface area (Å²) in [6.45, 7) is 0. The van der Waals surface area contributed by atoms with Crippen LogP contribution in [0.5, 0.6) is 0 Å². The van der Waals surface area contributed by atoms with Gasteiger partial charge in [-0.2, -0.15) is 0 Å². The molecule has 0 heterocycles. The fraction of sp³-hybridized carbons (Fsp3) is 0.250. The first-order valence-corrected chi connectivity index (χ1v) is 7.56. The van der Waals surface area contributed by atoms with Gasteiger partial charge in [0.2, 0.25) is 0 Å². The zero-order valence-corrected chi connectivity index (χ0v) is 12.7. The first-order chi connectivity index (χ1) is 9.20. The summed E-state index contributed by atoms with van der Waals surface area (Å²) < 4.78 is 0. The molecule has 2 aromatic rings. The van der Waals surface area contributed by atoms with Gasteiger partial charge in [-0.15, -0.1) is 11.6 Å². The highest BCUT2D eigenvalue weighted by Gasteiger charge is 2.14. The molecule has 0 spiro atoms. The van der Waals surface area contributed by atoms with Crippen molar-refractivity contribution < 1.29 is 0 Å². The highest BCUT2D eigenvalue weighted by molar-refractivity contribution is 6.31. The topological polar surface area (TPSA) is 0 Å². The molecule has 0 N–H and O–H groups in total. The van der Waals surface area contributed by atoms with Gasteiger partial charge in [-0.05, 0) is 48.2 Å². The molecule has 0 aliphatic carbocycles. The summed E-state index contributed by atoms with van der Waals surface area (Å²) >= 11 is 18.0. The zero-order chi connectivity index (χ0) is 13.7. The summed E-state index contributed by atoms with van der Waals surface area (Å²) in [5.74, 6) is 0.952. The lowest BCUT2D eigenvalue weighted by atomic mass is 9.88. The first-order valence-electron chi connectivity index (χ1n) is 6.27. The molecule has 0 aliphatic rings. The number of hydrogen-bond donors (Lipinski definition) is 0. The van der Waals surface area contributed by atoms with Crippen LogP contribution >= 0.6 is 34.8 Å². The van der Waals surface area contributed by atoms with E-state index in [9.17, 15) is 0 Å². The van der Waals surface area contributed by atoms with Crippen molar-refractivity contribution in [1.82, 2.24) is 0 Å². The van der Waals surface area contributed by atoms with Crippen molar-refractivity contribution >= 4 is 34.8 Å². The van der Waals surface area contributed by atoms with Crippen LogP contribution in [0.15, 0.2) is 48.5 Å². The van der Waals surface area contributed by atoms with Gasteiger partial charge in [0.1, 0.15) is 0 Å². The maximum absolute atomic E-state index is 6.09. The lowest BCUT2D eigenvalue weighted by molar-refractivity contribution is 0.701. The molecule has 2 rings (SSSR count). The van der Waals surface area contributed by atoms with Gasteiger partial charge in [0.15, 0.2) is 0 Å². The number of rotatable bonds is 5. The van der Waals surface area contributed by atoms with E-state index in [2.05, 4.69) is 12.1 Å². The zero-order valence-electron chi connectivity index (χ0n) is 10.5. The maximum Gasteiger partial charge on any atom is 0.0408 e. The van der Waals surface area contributed by atoms with Crippen molar-refractivity contribution in [3.05, 3.63) is 69.7 Å². The molecule has 0 aromatic heterocycles. The van der Waals surface area contributed by atoms with Gasteiger partial charge in [-0.25, -0.2) is 0 Å². The Hall–Kier alpha value is -0.690. The van der Waals surface area contributed by atoms with Crippen LogP contribution in [0.25, 0.3) is 0 Å². The lowest BCUT2D eigenvalue weighted by Gasteiger charge is -2.18. The van der Waals surface area contributed by atoms with E-state index in [1.54, 1.807) is 0 Å². The molecular formula is C16H15Cl3. The van der Waals surface area contributed by atoms with Crippen LogP contribution in [0.2, 0.25) is 10.0 Å². The van der Waals surface area contributed by atoms with Crippen molar-refractivity contribution in [3.8, 4) is 0 Å². The minimum absolute atomic E-state index is 0.288. The van der Waals surface area contributed by atoms with Gasteiger partial charge >= 0.3 is 0 Å². The molecule has 0 bridgehead atoms. The van der Waals surface area contributed by atoms with Crippen molar-refractivity contribution in [3.63, 3.8) is 0 Å². The van der Waals surface area contributed by atoms with Crippen LogP contribution in [0, 0.1) is 0 Å². The Balaban J connectivity index is 2.35. The van der Waals surface area contributed by atoms with E-state index < -0.39 is 0 Å². The molecule has 0 amide bonds. The first kappa shape index (κ1) is 14.7. The third-order valence-corrected chi connectivity index (χ3v) is 3.87. The molecule has 19 heavy (non-hydrogen) atoms. The second-order valence-corrected chi connectivity index (χ2v) is 5.74. The Morgan fingerprint density at radius 3 is 1.79 bits per heavy atom. The summed E-state index contributed by atoms with van der Waals surface area (Å²) in [6.07, 6.45) is 1.95. The lowest BCUT2D eigenvalue weighted by Crippen LogP contribution is -2.02. The molecule has 100 valence electrons. The van der Waals surface area contributed by atoms with Crippen LogP contribution < -0.4 is 0 Å². The molecule has 0 aliphatic heterocycles. The Bertz CT molecular complexity index is 492. The Kier molecular flexibility index (Phi) is 5.57. The monoisotopic (exact) mass is 312 g/mol. The minimum atomic E-state index is 0.288. The highest BCUT2D eigenvalue weighted by atomic mass is 35.5. The van der Waals surface area contributed by atoms with Gasteiger partial charge in [0.05, 0.1) is 0 Å². The van der Waals surface area contributed by atoms with Crippen LogP contribution in [0.4, 0.5) is 0 Å². The van der Waals surface area contributed by atoms with E-state index in [-0.39, 0.29) is 5.92 Å². The van der Waals surface area contributed by atoms with Crippen molar-refractivity contribution in [2.75, 3.05) is 5.88 Å². The second kappa shape index (κ2) is 7.19. The maximum atomic E-state index is 6.09. The summed E-state index contributed by atoms with van der Waals surface area (Å²) in [7, 11) is 0. The molecular weight excluding hydrogens is 299 g/mol. The van der Waals surface area contributed by atoms with E-state index in [4.69, 9.17) is 34.8 Å². The Morgan fingerprint density at radius 2 is 1.37 bits per heavy atom. The Morgan fingerprint density at radius 1 is 0.842 bits per heavy atom. The molecule has 0 atom stereocenters. The fourth-order valence-electron chi connectivity index (χ4n) is 2.25. The summed E-state index contributed by atoms with van der Waals surface area (Å²) in [5.41, 5.74) is 2.42. The SMILES string of the molecule is ClCCCC(c1cccc(Cl)c1)c1cccc(Cl)c1. The number of benzene rings is 2. The molecule has 0 unspecified atom stereocenters. The molecule has 0 radical (unpaired) electrons. The number of alkyl halides is 1. The highest BCUT2D eigenvalue weighted by Crippen LogP contribution is 2.32. The molecule has 0 fully saturated rings. The molecule has 0 saturated heterocycles. The predicted molar refractivity (Wildman–Crippen MR) is 84.7 cm³/mol. The van der Waals surface area contributed by atoms with E-state index in [0.29, 0.717) is 5.88 Å². The van der Waals surface area contributed by atoms with Crippen molar-refractivity contribution in [1.29, 1.82) is 0 Å². The summed E-state index contributed by atoms with van der Waals surface area (Å²) in [6, 6.07) is 16.0. The molecule has 2 aromatic carbocycles. The number of hydrogen-bond acceptors (Lipinski definition) is 0. The standard InChI is InChI=1S/C16H15Cl3/c17-9-3-8-16(12-4-1-6-14(18)10-12)13-5-2-7-15(19)11-13/h1-2,4-7,10-11,16H,3,8-9H2. The second-order valence-electron chi connectivity index (χ2n) is 4.49. The van der Waals surface area contributed by atoms with Crippen LogP contribution in [-0.4, -0.2) is 5.88 Å². The van der Waals surface area contributed by atoms with E-state index in [1.165, 1.54) is 11.1 Å². The average Bonchev–Trinajstić information content (AvgIpc) is 2.39. The van der Waals surface area contributed by atoms with Gasteiger partial charge in [0.25, 0.3) is 0 Å². The molecule has 0 nitrogen and oxygen atoms in total. The smallest absolute Gasteiger partial charge is 0.0408 e. The largest absolute Gasteiger partial charge is 0.127 e. The number of halogens is 3.